The first-order chi connectivity index (χ1) is 13.0. The predicted molar refractivity (Wildman–Crippen MR) is 103 cm³/mol. The molecule has 1 amide bonds. The highest BCUT2D eigenvalue weighted by atomic mass is 35.5. The number of nitrogens with one attached hydrogen (secondary N) is 1. The summed E-state index contributed by atoms with van der Waals surface area (Å²) in [6.07, 6.45) is 5.30. The van der Waals surface area contributed by atoms with Crippen LogP contribution in [0.4, 0.5) is 0 Å². The van der Waals surface area contributed by atoms with E-state index in [-0.39, 0.29) is 5.91 Å². The maximum absolute atomic E-state index is 12.8. The number of hydrogen-bond donors (Lipinski definition) is 1. The van der Waals surface area contributed by atoms with E-state index in [1.807, 2.05) is 6.20 Å². The van der Waals surface area contributed by atoms with Gasteiger partial charge in [-0.1, -0.05) is 34.4 Å². The van der Waals surface area contributed by atoms with Crippen LogP contribution in [0.3, 0.4) is 0 Å². The molecule has 1 aromatic carbocycles. The summed E-state index contributed by atoms with van der Waals surface area (Å²) >= 11 is 12.5. The first-order valence-electron chi connectivity index (χ1n) is 8.78. The van der Waals surface area contributed by atoms with Crippen LogP contribution in [0.25, 0.3) is 11.3 Å². The number of imidazole rings is 1. The molecular weight excluding hydrogens is 387 g/mol. The van der Waals surface area contributed by atoms with Crippen LogP contribution in [0, 0.1) is 6.92 Å². The maximum atomic E-state index is 12.8. The number of hydrogen-bond acceptors (Lipinski definition) is 4. The Kier molecular flexibility index (Phi) is 4.93. The fourth-order valence-electron chi connectivity index (χ4n) is 3.35. The molecule has 0 saturated carbocycles. The Morgan fingerprint density at radius 3 is 2.81 bits per heavy atom. The van der Waals surface area contributed by atoms with Gasteiger partial charge in [-0.25, -0.2) is 4.98 Å². The van der Waals surface area contributed by atoms with E-state index in [0.29, 0.717) is 39.2 Å². The highest BCUT2D eigenvalue weighted by molar-refractivity contribution is 6.39. The Morgan fingerprint density at radius 1 is 1.30 bits per heavy atom. The van der Waals surface area contributed by atoms with Gasteiger partial charge in [0.05, 0.1) is 22.3 Å². The fourth-order valence-corrected chi connectivity index (χ4v) is 3.93. The van der Waals surface area contributed by atoms with Gasteiger partial charge in [0.2, 0.25) is 0 Å². The molecule has 0 spiro atoms. The monoisotopic (exact) mass is 404 g/mol. The standard InChI is InChI=1S/C19H18Cl2N4O2/c1-11-16(18(24-27-11)17-13(20)5-4-6-14(17)21)19(26)22-9-12-10-25-8-3-2-7-15(25)23-12/h4-6,10H,2-3,7-9H2,1H3,(H,22,26). The van der Waals surface area contributed by atoms with Crippen LogP contribution >= 0.6 is 23.2 Å². The molecule has 0 radical (unpaired) electrons. The van der Waals surface area contributed by atoms with Crippen LogP contribution in [0.5, 0.6) is 0 Å². The molecule has 0 atom stereocenters. The molecular formula is C19H18Cl2N4O2. The largest absolute Gasteiger partial charge is 0.360 e. The van der Waals surface area contributed by atoms with Crippen LogP contribution in [-0.4, -0.2) is 20.6 Å². The number of rotatable bonds is 4. The molecule has 6 nitrogen and oxygen atoms in total. The minimum absolute atomic E-state index is 0.300. The number of aromatic nitrogens is 3. The first kappa shape index (κ1) is 18.1. The molecule has 0 unspecified atom stereocenters. The van der Waals surface area contributed by atoms with Gasteiger partial charge in [-0.05, 0) is 31.9 Å². The fraction of sp³-hybridized carbons (Fsp3) is 0.316. The van der Waals surface area contributed by atoms with Crippen molar-refractivity contribution in [3.8, 4) is 11.3 Å². The van der Waals surface area contributed by atoms with Crippen LogP contribution in [-0.2, 0) is 19.5 Å². The van der Waals surface area contributed by atoms with E-state index in [1.165, 1.54) is 0 Å². The number of fused-ring (bicyclic) bond motifs is 1. The van der Waals surface area contributed by atoms with Crippen molar-refractivity contribution in [1.29, 1.82) is 0 Å². The van der Waals surface area contributed by atoms with Crippen LogP contribution < -0.4 is 5.32 Å². The van der Waals surface area contributed by atoms with E-state index in [2.05, 4.69) is 20.0 Å². The Balaban J connectivity index is 1.58. The zero-order valence-electron chi connectivity index (χ0n) is 14.8. The topological polar surface area (TPSA) is 73.0 Å². The Bertz CT molecular complexity index is 966. The van der Waals surface area contributed by atoms with Crippen LogP contribution in [0.1, 0.15) is 40.5 Å². The summed E-state index contributed by atoms with van der Waals surface area (Å²) < 4.78 is 7.41. The SMILES string of the molecule is Cc1onc(-c2c(Cl)cccc2Cl)c1C(=O)NCc1cn2c(n1)CCCC2. The van der Waals surface area contributed by atoms with Gasteiger partial charge in [0.1, 0.15) is 22.8 Å². The molecule has 0 fully saturated rings. The molecule has 2 aromatic heterocycles. The van der Waals surface area contributed by atoms with E-state index < -0.39 is 0 Å². The molecule has 8 heteroatoms. The molecule has 3 aromatic rings. The third-order valence-corrected chi connectivity index (χ3v) is 5.31. The molecule has 1 aliphatic rings. The second kappa shape index (κ2) is 7.37. The number of benzene rings is 1. The molecule has 0 aliphatic carbocycles. The van der Waals surface area contributed by atoms with Crippen molar-refractivity contribution in [1.82, 2.24) is 20.0 Å². The Morgan fingerprint density at radius 2 is 2.07 bits per heavy atom. The molecule has 27 heavy (non-hydrogen) atoms. The van der Waals surface area contributed by atoms with Crippen molar-refractivity contribution < 1.29 is 9.32 Å². The minimum Gasteiger partial charge on any atom is -0.360 e. The molecule has 4 rings (SSSR count). The van der Waals surface area contributed by atoms with Gasteiger partial charge in [0.25, 0.3) is 5.91 Å². The highest BCUT2D eigenvalue weighted by Crippen LogP contribution is 2.36. The van der Waals surface area contributed by atoms with E-state index >= 15 is 0 Å². The third-order valence-electron chi connectivity index (χ3n) is 4.68. The Hall–Kier alpha value is -2.31. The van der Waals surface area contributed by atoms with Gasteiger partial charge in [-0.15, -0.1) is 0 Å². The number of aryl methyl sites for hydroxylation is 3. The van der Waals surface area contributed by atoms with Gasteiger partial charge < -0.3 is 14.4 Å². The second-order valence-corrected chi connectivity index (χ2v) is 7.36. The van der Waals surface area contributed by atoms with Crippen molar-refractivity contribution in [2.45, 2.75) is 39.3 Å². The minimum atomic E-state index is -0.300. The maximum Gasteiger partial charge on any atom is 0.257 e. The lowest BCUT2D eigenvalue weighted by Crippen LogP contribution is -2.24. The predicted octanol–water partition coefficient (Wildman–Crippen LogP) is 4.42. The molecule has 1 N–H and O–H groups in total. The van der Waals surface area contributed by atoms with E-state index in [9.17, 15) is 4.79 Å². The van der Waals surface area contributed by atoms with Gasteiger partial charge >= 0.3 is 0 Å². The van der Waals surface area contributed by atoms with Crippen molar-refractivity contribution in [2.24, 2.45) is 0 Å². The molecule has 0 bridgehead atoms. The van der Waals surface area contributed by atoms with Crippen molar-refractivity contribution in [2.75, 3.05) is 0 Å². The van der Waals surface area contributed by atoms with Gasteiger partial charge in [0.15, 0.2) is 0 Å². The average Bonchev–Trinajstić information content (AvgIpc) is 3.23. The number of amides is 1. The van der Waals surface area contributed by atoms with E-state index in [1.54, 1.807) is 25.1 Å². The van der Waals surface area contributed by atoms with Crippen molar-refractivity contribution in [3.05, 3.63) is 57.3 Å². The summed E-state index contributed by atoms with van der Waals surface area (Å²) in [4.78, 5) is 17.4. The zero-order chi connectivity index (χ0) is 19.0. The van der Waals surface area contributed by atoms with Gasteiger partial charge in [-0.3, -0.25) is 4.79 Å². The van der Waals surface area contributed by atoms with E-state index in [4.69, 9.17) is 27.7 Å². The van der Waals surface area contributed by atoms with Crippen molar-refractivity contribution in [3.63, 3.8) is 0 Å². The number of carbonyl (C=O) groups is 1. The van der Waals surface area contributed by atoms with E-state index in [0.717, 1.165) is 37.3 Å². The normalized spacial score (nSPS) is 13.4. The lowest BCUT2D eigenvalue weighted by atomic mass is 10.1. The Labute approximate surface area is 166 Å². The smallest absolute Gasteiger partial charge is 0.257 e. The lowest BCUT2D eigenvalue weighted by molar-refractivity contribution is 0.0949. The quantitative estimate of drug-likeness (QED) is 0.698. The number of nitrogens with zero attached hydrogens (tertiary/aromatic N) is 3. The van der Waals surface area contributed by atoms with Gasteiger partial charge in [-0.2, -0.15) is 0 Å². The summed E-state index contributed by atoms with van der Waals surface area (Å²) in [6.45, 7) is 3.00. The number of carbonyl (C=O) groups excluding carboxylic acids is 1. The summed E-state index contributed by atoms with van der Waals surface area (Å²) in [6, 6.07) is 5.13. The molecule has 1 aliphatic heterocycles. The third kappa shape index (κ3) is 3.47. The van der Waals surface area contributed by atoms with Crippen LogP contribution in [0.15, 0.2) is 28.9 Å². The molecule has 3 heterocycles. The number of halogens is 2. The van der Waals surface area contributed by atoms with Crippen molar-refractivity contribution >= 4 is 29.1 Å². The second-order valence-electron chi connectivity index (χ2n) is 6.54. The molecule has 140 valence electrons. The summed E-state index contributed by atoms with van der Waals surface area (Å²) in [5, 5.41) is 7.73. The highest BCUT2D eigenvalue weighted by Gasteiger charge is 2.25. The molecule has 0 saturated heterocycles. The lowest BCUT2D eigenvalue weighted by Gasteiger charge is -2.11. The summed E-state index contributed by atoms with van der Waals surface area (Å²) in [5.41, 5.74) is 1.99. The van der Waals surface area contributed by atoms with Crippen LogP contribution in [0.2, 0.25) is 10.0 Å². The first-order valence-corrected chi connectivity index (χ1v) is 9.54. The van der Waals surface area contributed by atoms with Gasteiger partial charge in [0, 0.05) is 24.7 Å². The zero-order valence-corrected chi connectivity index (χ0v) is 16.3. The average molecular weight is 405 g/mol. The summed E-state index contributed by atoms with van der Waals surface area (Å²) in [5.74, 6) is 1.18. The summed E-state index contributed by atoms with van der Waals surface area (Å²) in [7, 11) is 0.